The van der Waals surface area contributed by atoms with Crippen LogP contribution < -0.4 is 11.1 Å². The summed E-state index contributed by atoms with van der Waals surface area (Å²) in [6, 6.07) is 4.66. The van der Waals surface area contributed by atoms with Crippen molar-refractivity contribution in [2.24, 2.45) is 5.73 Å². The van der Waals surface area contributed by atoms with E-state index in [-0.39, 0.29) is 18.3 Å². The van der Waals surface area contributed by atoms with Crippen molar-refractivity contribution in [3.05, 3.63) is 23.9 Å². The topological polar surface area (TPSA) is 107 Å². The van der Waals surface area contributed by atoms with Gasteiger partial charge in [-0.25, -0.2) is 13.6 Å². The zero-order valence-corrected chi connectivity index (χ0v) is 13.3. The molecule has 25 heavy (non-hydrogen) atoms. The lowest BCUT2D eigenvalue weighted by molar-refractivity contribution is 0.0651. The molecule has 4 N–H and O–H groups in total. The van der Waals surface area contributed by atoms with Crippen molar-refractivity contribution in [2.45, 2.75) is 6.43 Å². The molecule has 0 atom stereocenters. The summed E-state index contributed by atoms with van der Waals surface area (Å²) in [5.41, 5.74) is 6.50. The lowest BCUT2D eigenvalue weighted by Crippen LogP contribution is -2.50. The molecule has 1 aliphatic heterocycles. The van der Waals surface area contributed by atoms with E-state index in [1.807, 2.05) is 0 Å². The molecule has 1 saturated heterocycles. The number of benzene rings is 1. The predicted octanol–water partition coefficient (Wildman–Crippen LogP) is 1.08. The summed E-state index contributed by atoms with van der Waals surface area (Å²) in [7, 11) is 0. The summed E-state index contributed by atoms with van der Waals surface area (Å²) >= 11 is 0. The van der Waals surface area contributed by atoms with Crippen molar-refractivity contribution in [3.8, 4) is 0 Å². The van der Waals surface area contributed by atoms with Gasteiger partial charge in [-0.05, 0) is 18.2 Å². The van der Waals surface area contributed by atoms with Gasteiger partial charge in [-0.1, -0.05) is 0 Å². The highest BCUT2D eigenvalue weighted by molar-refractivity contribution is 6.05. The molecule has 0 bridgehead atoms. The standard InChI is InChI=1S/C15H18F2N6O2/c16-12(17)8-22-3-5-23(6-4-22)15(25)19-9-1-2-11-10(7-9)13(14(18)24)21-20-11/h1-2,7,12H,3-6,8H2,(H2,18,24)(H,19,25)(H,20,21). The minimum Gasteiger partial charge on any atom is -0.364 e. The van der Waals surface area contributed by atoms with Crippen LogP contribution in [0.5, 0.6) is 0 Å². The smallest absolute Gasteiger partial charge is 0.321 e. The Balaban J connectivity index is 1.64. The SMILES string of the molecule is NC(=O)c1n[nH]c2ccc(NC(=O)N3CCN(CC(F)F)CC3)cc12. The summed E-state index contributed by atoms with van der Waals surface area (Å²) in [6.45, 7) is 1.29. The average Bonchev–Trinajstić information content (AvgIpc) is 2.98. The first-order chi connectivity index (χ1) is 11.9. The first kappa shape index (κ1) is 17.1. The number of hydrogen-bond donors (Lipinski definition) is 3. The molecule has 1 aromatic heterocycles. The van der Waals surface area contributed by atoms with Crippen LogP contribution >= 0.6 is 0 Å². The number of piperazine rings is 1. The molecule has 8 nitrogen and oxygen atoms in total. The van der Waals surface area contributed by atoms with Crippen LogP contribution in [-0.2, 0) is 0 Å². The van der Waals surface area contributed by atoms with Crippen LogP contribution in [0.1, 0.15) is 10.5 Å². The second-order valence-electron chi connectivity index (χ2n) is 5.81. The quantitative estimate of drug-likeness (QED) is 0.765. The maximum absolute atomic E-state index is 12.4. The molecule has 2 aromatic rings. The lowest BCUT2D eigenvalue weighted by atomic mass is 10.2. The van der Waals surface area contributed by atoms with Gasteiger partial charge < -0.3 is 16.0 Å². The number of nitrogens with one attached hydrogen (secondary N) is 2. The van der Waals surface area contributed by atoms with Crippen LogP contribution in [0.4, 0.5) is 19.3 Å². The molecule has 0 aliphatic carbocycles. The Bertz CT molecular complexity index is 785. The van der Waals surface area contributed by atoms with Gasteiger partial charge in [0.05, 0.1) is 12.1 Å². The second-order valence-corrected chi connectivity index (χ2v) is 5.81. The zero-order valence-electron chi connectivity index (χ0n) is 13.3. The first-order valence-corrected chi connectivity index (χ1v) is 7.78. The van der Waals surface area contributed by atoms with E-state index < -0.39 is 12.3 Å². The van der Waals surface area contributed by atoms with Crippen LogP contribution in [0.3, 0.4) is 0 Å². The number of hydrogen-bond acceptors (Lipinski definition) is 4. The minimum absolute atomic E-state index is 0.103. The number of primary amides is 1. The predicted molar refractivity (Wildman–Crippen MR) is 87.6 cm³/mol. The average molecular weight is 352 g/mol. The van der Waals surface area contributed by atoms with Crippen molar-refractivity contribution in [3.63, 3.8) is 0 Å². The number of fused-ring (bicyclic) bond motifs is 1. The molecule has 0 unspecified atom stereocenters. The van der Waals surface area contributed by atoms with Gasteiger partial charge in [0.2, 0.25) is 0 Å². The van der Waals surface area contributed by atoms with Gasteiger partial charge in [0.1, 0.15) is 0 Å². The Hall–Kier alpha value is -2.75. The van der Waals surface area contributed by atoms with Gasteiger partial charge in [-0.15, -0.1) is 0 Å². The molecule has 3 amide bonds. The van der Waals surface area contributed by atoms with E-state index in [1.165, 1.54) is 0 Å². The number of aromatic nitrogens is 2. The molecular formula is C15H18F2N6O2. The Morgan fingerprint density at radius 3 is 2.64 bits per heavy atom. The van der Waals surface area contributed by atoms with Crippen molar-refractivity contribution in [1.29, 1.82) is 0 Å². The summed E-state index contributed by atoms with van der Waals surface area (Å²) in [5, 5.41) is 9.80. The number of anilines is 1. The van der Waals surface area contributed by atoms with E-state index in [0.717, 1.165) is 0 Å². The van der Waals surface area contributed by atoms with Gasteiger partial charge in [-0.2, -0.15) is 5.10 Å². The number of amides is 3. The van der Waals surface area contributed by atoms with E-state index in [4.69, 9.17) is 5.73 Å². The zero-order chi connectivity index (χ0) is 18.0. The third-order valence-electron chi connectivity index (χ3n) is 4.10. The van der Waals surface area contributed by atoms with Crippen LogP contribution in [-0.4, -0.2) is 71.1 Å². The normalized spacial score (nSPS) is 15.7. The van der Waals surface area contributed by atoms with Crippen molar-refractivity contribution >= 4 is 28.5 Å². The summed E-state index contributed by atoms with van der Waals surface area (Å²) < 4.78 is 24.8. The highest BCUT2D eigenvalue weighted by Gasteiger charge is 2.23. The highest BCUT2D eigenvalue weighted by atomic mass is 19.3. The van der Waals surface area contributed by atoms with E-state index in [9.17, 15) is 18.4 Å². The van der Waals surface area contributed by atoms with Crippen molar-refractivity contribution in [2.75, 3.05) is 38.0 Å². The molecule has 0 radical (unpaired) electrons. The van der Waals surface area contributed by atoms with Crippen LogP contribution in [0.15, 0.2) is 18.2 Å². The second kappa shape index (κ2) is 7.01. The fourth-order valence-corrected chi connectivity index (χ4v) is 2.81. The Morgan fingerprint density at radius 1 is 1.28 bits per heavy atom. The Kier molecular flexibility index (Phi) is 4.79. The van der Waals surface area contributed by atoms with Gasteiger partial charge in [0.25, 0.3) is 12.3 Å². The van der Waals surface area contributed by atoms with Crippen LogP contribution in [0, 0.1) is 0 Å². The number of carbonyl (C=O) groups excluding carboxylic acids is 2. The van der Waals surface area contributed by atoms with Crippen molar-refractivity contribution < 1.29 is 18.4 Å². The molecule has 134 valence electrons. The largest absolute Gasteiger partial charge is 0.364 e. The Labute approximate surface area is 141 Å². The van der Waals surface area contributed by atoms with E-state index in [1.54, 1.807) is 28.0 Å². The first-order valence-electron chi connectivity index (χ1n) is 7.78. The Morgan fingerprint density at radius 2 is 2.00 bits per heavy atom. The molecule has 0 spiro atoms. The molecule has 1 aromatic carbocycles. The molecule has 10 heteroatoms. The molecular weight excluding hydrogens is 334 g/mol. The maximum Gasteiger partial charge on any atom is 0.321 e. The third kappa shape index (κ3) is 3.85. The molecule has 1 fully saturated rings. The number of halogens is 2. The van der Waals surface area contributed by atoms with Gasteiger partial charge in [0.15, 0.2) is 5.69 Å². The van der Waals surface area contributed by atoms with E-state index in [2.05, 4.69) is 15.5 Å². The number of rotatable bonds is 4. The fourth-order valence-electron chi connectivity index (χ4n) is 2.81. The van der Waals surface area contributed by atoms with Crippen molar-refractivity contribution in [1.82, 2.24) is 20.0 Å². The van der Waals surface area contributed by atoms with Crippen LogP contribution in [0.2, 0.25) is 0 Å². The summed E-state index contributed by atoms with van der Waals surface area (Å²) in [4.78, 5) is 26.9. The number of aromatic amines is 1. The molecule has 3 rings (SSSR count). The lowest BCUT2D eigenvalue weighted by Gasteiger charge is -2.34. The maximum atomic E-state index is 12.4. The number of nitrogens with two attached hydrogens (primary N) is 1. The summed E-state index contributed by atoms with van der Waals surface area (Å²) in [5.74, 6) is -0.662. The van der Waals surface area contributed by atoms with Crippen LogP contribution in [0.25, 0.3) is 10.9 Å². The van der Waals surface area contributed by atoms with Gasteiger partial charge in [0, 0.05) is 37.3 Å². The number of urea groups is 1. The van der Waals surface area contributed by atoms with Gasteiger partial charge in [-0.3, -0.25) is 14.8 Å². The third-order valence-corrected chi connectivity index (χ3v) is 4.10. The number of H-pyrrole nitrogens is 1. The van der Waals surface area contributed by atoms with E-state index >= 15 is 0 Å². The number of carbonyl (C=O) groups is 2. The minimum atomic E-state index is -2.37. The number of nitrogens with zero attached hydrogens (tertiary/aromatic N) is 3. The monoisotopic (exact) mass is 352 g/mol. The molecule has 2 heterocycles. The van der Waals surface area contributed by atoms with E-state index in [0.29, 0.717) is 42.8 Å². The molecule has 1 aliphatic rings. The van der Waals surface area contributed by atoms with Gasteiger partial charge >= 0.3 is 6.03 Å². The fraction of sp³-hybridized carbons (Fsp3) is 0.400. The highest BCUT2D eigenvalue weighted by Crippen LogP contribution is 2.21. The molecule has 0 saturated carbocycles. The number of alkyl halides is 2. The summed E-state index contributed by atoms with van der Waals surface area (Å²) in [6.07, 6.45) is -2.37.